The van der Waals surface area contributed by atoms with Gasteiger partial charge in [-0.3, -0.25) is 9.59 Å². The number of hydrogen-bond donors (Lipinski definition) is 1. The Hall–Kier alpha value is -2.69. The number of halogens is 1. The Morgan fingerprint density at radius 3 is 2.31 bits per heavy atom. The summed E-state index contributed by atoms with van der Waals surface area (Å²) in [5.41, 5.74) is 1.90. The predicted octanol–water partition coefficient (Wildman–Crippen LogP) is 4.42. The molecule has 0 unspecified atom stereocenters. The van der Waals surface area contributed by atoms with Crippen LogP contribution in [-0.4, -0.2) is 24.8 Å². The number of carbonyl (C=O) groups excluding carboxylic acids is 2. The molecule has 2 aromatic rings. The van der Waals surface area contributed by atoms with E-state index < -0.39 is 5.82 Å². The quantitative estimate of drug-likeness (QED) is 0.782. The molecule has 1 aliphatic heterocycles. The van der Waals surface area contributed by atoms with Crippen LogP contribution in [0.4, 0.5) is 15.8 Å². The smallest absolute Gasteiger partial charge is 0.224 e. The van der Waals surface area contributed by atoms with Crippen molar-refractivity contribution in [3.8, 4) is 0 Å². The van der Waals surface area contributed by atoms with Crippen molar-refractivity contribution in [2.45, 2.75) is 32.1 Å². The van der Waals surface area contributed by atoms with Gasteiger partial charge in [0.15, 0.2) is 5.78 Å². The number of nitrogens with one attached hydrogen (secondary N) is 1. The molecule has 0 spiro atoms. The average molecular weight is 354 g/mol. The molecule has 0 aromatic heterocycles. The highest BCUT2D eigenvalue weighted by molar-refractivity contribution is 6.00. The van der Waals surface area contributed by atoms with E-state index in [-0.39, 0.29) is 30.1 Å². The molecule has 1 aliphatic rings. The lowest BCUT2D eigenvalue weighted by atomic mass is 10.1. The summed E-state index contributed by atoms with van der Waals surface area (Å²) < 4.78 is 13.6. The number of Topliss-reactive ketones (excluding diaryl/α,β-unsaturated/α-hetero) is 1. The number of amides is 1. The summed E-state index contributed by atoms with van der Waals surface area (Å²) in [5, 5.41) is 2.79. The third-order valence-electron chi connectivity index (χ3n) is 4.63. The summed E-state index contributed by atoms with van der Waals surface area (Å²) >= 11 is 0. The fourth-order valence-corrected chi connectivity index (χ4v) is 3.18. The highest BCUT2D eigenvalue weighted by Gasteiger charge is 2.14. The van der Waals surface area contributed by atoms with Gasteiger partial charge in [0, 0.05) is 37.3 Å². The molecule has 5 heteroatoms. The second kappa shape index (κ2) is 8.61. The number of rotatable bonds is 6. The van der Waals surface area contributed by atoms with Gasteiger partial charge in [-0.05, 0) is 55.7 Å². The number of hydrogen-bond acceptors (Lipinski definition) is 3. The zero-order valence-electron chi connectivity index (χ0n) is 14.7. The maximum atomic E-state index is 13.6. The monoisotopic (exact) mass is 354 g/mol. The van der Waals surface area contributed by atoms with Crippen LogP contribution in [0.5, 0.6) is 0 Å². The maximum absolute atomic E-state index is 13.6. The zero-order chi connectivity index (χ0) is 18.4. The van der Waals surface area contributed by atoms with Crippen LogP contribution in [0.25, 0.3) is 0 Å². The first-order chi connectivity index (χ1) is 12.6. The minimum absolute atomic E-state index is 0.0152. The SMILES string of the molecule is O=C(CCC(=O)c1ccccc1F)Nc1ccc(N2CCCCC2)cc1. The molecule has 1 fully saturated rings. The van der Waals surface area contributed by atoms with E-state index in [0.29, 0.717) is 5.69 Å². The molecular formula is C21H23FN2O2. The zero-order valence-corrected chi connectivity index (χ0v) is 14.7. The lowest BCUT2D eigenvalue weighted by molar-refractivity contribution is -0.116. The van der Waals surface area contributed by atoms with Crippen molar-refractivity contribution in [1.29, 1.82) is 0 Å². The summed E-state index contributed by atoms with van der Waals surface area (Å²) in [7, 11) is 0. The largest absolute Gasteiger partial charge is 0.372 e. The van der Waals surface area contributed by atoms with Gasteiger partial charge in [-0.25, -0.2) is 4.39 Å². The summed E-state index contributed by atoms with van der Waals surface area (Å²) in [6, 6.07) is 13.6. The number of carbonyl (C=O) groups is 2. The Kier molecular flexibility index (Phi) is 6.00. The lowest BCUT2D eigenvalue weighted by Crippen LogP contribution is -2.29. The van der Waals surface area contributed by atoms with Crippen LogP contribution in [0.1, 0.15) is 42.5 Å². The van der Waals surface area contributed by atoms with Crippen LogP contribution < -0.4 is 10.2 Å². The van der Waals surface area contributed by atoms with Crippen LogP contribution in [0, 0.1) is 5.82 Å². The first-order valence-corrected chi connectivity index (χ1v) is 9.06. The molecule has 2 aromatic carbocycles. The second-order valence-electron chi connectivity index (χ2n) is 6.55. The van der Waals surface area contributed by atoms with Crippen LogP contribution in [0.3, 0.4) is 0 Å². The normalized spacial score (nSPS) is 14.1. The van der Waals surface area contributed by atoms with Gasteiger partial charge in [0.1, 0.15) is 5.82 Å². The number of ketones is 1. The van der Waals surface area contributed by atoms with E-state index >= 15 is 0 Å². The van der Waals surface area contributed by atoms with Crippen LogP contribution in [0.2, 0.25) is 0 Å². The number of anilines is 2. The van der Waals surface area contributed by atoms with Crippen molar-refractivity contribution < 1.29 is 14.0 Å². The van der Waals surface area contributed by atoms with Gasteiger partial charge in [-0.2, -0.15) is 0 Å². The highest BCUT2D eigenvalue weighted by Crippen LogP contribution is 2.22. The van der Waals surface area contributed by atoms with Gasteiger partial charge in [-0.15, -0.1) is 0 Å². The Bertz CT molecular complexity index is 768. The van der Waals surface area contributed by atoms with Crippen molar-refractivity contribution in [3.05, 3.63) is 59.9 Å². The fourth-order valence-electron chi connectivity index (χ4n) is 3.18. The minimum Gasteiger partial charge on any atom is -0.372 e. The molecule has 0 radical (unpaired) electrons. The number of benzene rings is 2. The van der Waals surface area contributed by atoms with Gasteiger partial charge in [-0.1, -0.05) is 12.1 Å². The topological polar surface area (TPSA) is 49.4 Å². The summed E-state index contributed by atoms with van der Waals surface area (Å²) in [4.78, 5) is 26.4. The molecule has 1 saturated heterocycles. The molecule has 1 N–H and O–H groups in total. The van der Waals surface area contributed by atoms with Crippen LogP contribution in [-0.2, 0) is 4.79 Å². The van der Waals surface area contributed by atoms with E-state index in [1.807, 2.05) is 24.3 Å². The molecular weight excluding hydrogens is 331 g/mol. The van der Waals surface area contributed by atoms with E-state index in [0.717, 1.165) is 18.8 Å². The molecule has 1 amide bonds. The molecule has 0 saturated carbocycles. The molecule has 1 heterocycles. The van der Waals surface area contributed by atoms with Crippen molar-refractivity contribution in [3.63, 3.8) is 0 Å². The number of nitrogens with zero attached hydrogens (tertiary/aromatic N) is 1. The van der Waals surface area contributed by atoms with Gasteiger partial charge in [0.25, 0.3) is 0 Å². The third-order valence-corrected chi connectivity index (χ3v) is 4.63. The first-order valence-electron chi connectivity index (χ1n) is 9.06. The molecule has 0 aliphatic carbocycles. The van der Waals surface area contributed by atoms with Crippen molar-refractivity contribution in [2.75, 3.05) is 23.3 Å². The molecule has 3 rings (SSSR count). The summed E-state index contributed by atoms with van der Waals surface area (Å²) in [5.74, 6) is -1.16. The van der Waals surface area contributed by atoms with E-state index in [9.17, 15) is 14.0 Å². The molecule has 26 heavy (non-hydrogen) atoms. The summed E-state index contributed by atoms with van der Waals surface area (Å²) in [6.07, 6.45) is 3.74. The third kappa shape index (κ3) is 4.69. The molecule has 136 valence electrons. The first kappa shape index (κ1) is 18.1. The van der Waals surface area contributed by atoms with Crippen molar-refractivity contribution >= 4 is 23.1 Å². The van der Waals surface area contributed by atoms with Crippen LogP contribution in [0.15, 0.2) is 48.5 Å². The minimum atomic E-state index is -0.550. The van der Waals surface area contributed by atoms with Gasteiger partial charge in [0.05, 0.1) is 5.56 Å². The predicted molar refractivity (Wildman–Crippen MR) is 101 cm³/mol. The Morgan fingerprint density at radius 2 is 1.62 bits per heavy atom. The van der Waals surface area contributed by atoms with Gasteiger partial charge in [0.2, 0.25) is 5.91 Å². The second-order valence-corrected chi connectivity index (χ2v) is 6.55. The average Bonchev–Trinajstić information content (AvgIpc) is 2.68. The van der Waals surface area contributed by atoms with Crippen LogP contribution >= 0.6 is 0 Å². The fraction of sp³-hybridized carbons (Fsp3) is 0.333. The van der Waals surface area contributed by atoms with E-state index in [1.54, 1.807) is 6.07 Å². The number of piperidine rings is 1. The molecule has 4 nitrogen and oxygen atoms in total. The summed E-state index contributed by atoms with van der Waals surface area (Å²) in [6.45, 7) is 2.15. The Labute approximate surface area is 153 Å². The maximum Gasteiger partial charge on any atom is 0.224 e. The molecule has 0 bridgehead atoms. The van der Waals surface area contributed by atoms with E-state index in [2.05, 4.69) is 10.2 Å². The molecule has 0 atom stereocenters. The van der Waals surface area contributed by atoms with Gasteiger partial charge < -0.3 is 10.2 Å². The van der Waals surface area contributed by atoms with Crippen molar-refractivity contribution in [2.24, 2.45) is 0 Å². The van der Waals surface area contributed by atoms with Crippen molar-refractivity contribution in [1.82, 2.24) is 0 Å². The Balaban J connectivity index is 1.50. The lowest BCUT2D eigenvalue weighted by Gasteiger charge is -2.28. The van der Waals surface area contributed by atoms with Gasteiger partial charge >= 0.3 is 0 Å². The van der Waals surface area contributed by atoms with E-state index in [1.165, 1.54) is 37.5 Å². The highest BCUT2D eigenvalue weighted by atomic mass is 19.1. The van der Waals surface area contributed by atoms with E-state index in [4.69, 9.17) is 0 Å². The Morgan fingerprint density at radius 1 is 0.923 bits per heavy atom. The standard InChI is InChI=1S/C21H23FN2O2/c22-19-7-3-2-6-18(19)20(25)12-13-21(26)23-16-8-10-17(11-9-16)24-14-4-1-5-15-24/h2-3,6-11H,1,4-5,12-15H2,(H,23,26).